The molecule has 6 heteroatoms. The van der Waals surface area contributed by atoms with E-state index in [2.05, 4.69) is 26.6 Å². The zero-order valence-corrected chi connectivity index (χ0v) is 15.2. The molecular formula is C17H23BrN2O3. The van der Waals surface area contributed by atoms with Crippen molar-refractivity contribution in [2.24, 2.45) is 11.3 Å². The highest BCUT2D eigenvalue weighted by Gasteiger charge is 2.57. The Labute approximate surface area is 145 Å². The van der Waals surface area contributed by atoms with E-state index in [0.29, 0.717) is 18.0 Å². The Kier molecular flexibility index (Phi) is 4.82. The Morgan fingerprint density at radius 1 is 1.30 bits per heavy atom. The summed E-state index contributed by atoms with van der Waals surface area (Å²) in [5, 5.41) is 6.44. The van der Waals surface area contributed by atoms with E-state index in [1.807, 2.05) is 12.1 Å². The molecule has 1 aliphatic heterocycles. The summed E-state index contributed by atoms with van der Waals surface area (Å²) in [6.45, 7) is 2.56. The van der Waals surface area contributed by atoms with Crippen LogP contribution in [0.15, 0.2) is 16.6 Å². The molecule has 0 radical (unpaired) electrons. The quantitative estimate of drug-likeness (QED) is 0.820. The second-order valence-corrected chi connectivity index (χ2v) is 7.24. The van der Waals surface area contributed by atoms with E-state index < -0.39 is 0 Å². The molecule has 0 aromatic heterocycles. The van der Waals surface area contributed by atoms with Crippen LogP contribution in [0.3, 0.4) is 0 Å². The summed E-state index contributed by atoms with van der Waals surface area (Å²) >= 11 is 3.53. The molecule has 2 fully saturated rings. The second-order valence-electron chi connectivity index (χ2n) is 6.39. The maximum atomic E-state index is 12.4. The van der Waals surface area contributed by atoms with Gasteiger partial charge in [-0.1, -0.05) is 15.9 Å². The summed E-state index contributed by atoms with van der Waals surface area (Å²) < 4.78 is 11.5. The first kappa shape index (κ1) is 16.6. The van der Waals surface area contributed by atoms with Gasteiger partial charge in [0.25, 0.3) is 0 Å². The van der Waals surface area contributed by atoms with Crippen LogP contribution < -0.4 is 20.1 Å². The number of benzene rings is 1. The van der Waals surface area contributed by atoms with Crippen molar-refractivity contribution in [3.63, 3.8) is 0 Å². The van der Waals surface area contributed by atoms with E-state index in [1.165, 1.54) is 0 Å². The molecule has 1 heterocycles. The molecule has 1 atom stereocenters. The van der Waals surface area contributed by atoms with E-state index in [0.717, 1.165) is 42.4 Å². The number of carbonyl (C=O) groups excluding carboxylic acids is 1. The zero-order valence-electron chi connectivity index (χ0n) is 13.6. The fourth-order valence-corrected chi connectivity index (χ4v) is 4.00. The van der Waals surface area contributed by atoms with Crippen LogP contribution in [0.25, 0.3) is 0 Å². The lowest BCUT2D eigenvalue weighted by Gasteiger charge is -2.23. The molecule has 1 aromatic rings. The molecule has 1 spiro atoms. The van der Waals surface area contributed by atoms with Crippen molar-refractivity contribution in [3.8, 4) is 11.5 Å². The predicted octanol–water partition coefficient (Wildman–Crippen LogP) is 2.47. The molecule has 0 bridgehead atoms. The summed E-state index contributed by atoms with van der Waals surface area (Å²) in [7, 11) is 3.22. The van der Waals surface area contributed by atoms with Crippen LogP contribution in [0.4, 0.5) is 0 Å². The molecule has 2 N–H and O–H groups in total. The van der Waals surface area contributed by atoms with Crippen molar-refractivity contribution < 1.29 is 14.3 Å². The highest BCUT2D eigenvalue weighted by atomic mass is 79.9. The topological polar surface area (TPSA) is 59.6 Å². The fourth-order valence-electron chi connectivity index (χ4n) is 3.53. The Hall–Kier alpha value is -1.27. The van der Waals surface area contributed by atoms with Crippen LogP contribution in [0.5, 0.6) is 11.5 Å². The third-order valence-corrected chi connectivity index (χ3v) is 5.85. The number of hydrogen-bond acceptors (Lipinski definition) is 4. The van der Waals surface area contributed by atoms with Crippen molar-refractivity contribution in [2.75, 3.05) is 27.3 Å². The maximum Gasteiger partial charge on any atom is 0.223 e. The fraction of sp³-hybridized carbons (Fsp3) is 0.588. The molecule has 1 amide bonds. The Bertz CT molecular complexity index is 600. The van der Waals surface area contributed by atoms with Crippen LogP contribution in [0.2, 0.25) is 0 Å². The van der Waals surface area contributed by atoms with Gasteiger partial charge in [-0.3, -0.25) is 4.79 Å². The van der Waals surface area contributed by atoms with Gasteiger partial charge in [0.15, 0.2) is 11.5 Å². The molecule has 1 aromatic carbocycles. The van der Waals surface area contributed by atoms with Gasteiger partial charge in [0.05, 0.1) is 14.2 Å². The van der Waals surface area contributed by atoms with E-state index in [4.69, 9.17) is 9.47 Å². The highest BCUT2D eigenvalue weighted by molar-refractivity contribution is 9.10. The van der Waals surface area contributed by atoms with Gasteiger partial charge in [-0.25, -0.2) is 0 Å². The first-order valence-corrected chi connectivity index (χ1v) is 8.78. The summed E-state index contributed by atoms with van der Waals surface area (Å²) in [6.07, 6.45) is 3.27. The zero-order chi connectivity index (χ0) is 16.4. The molecule has 1 saturated heterocycles. The molecular weight excluding hydrogens is 360 g/mol. The van der Waals surface area contributed by atoms with Gasteiger partial charge in [-0.2, -0.15) is 0 Å². The number of hydrogen-bond donors (Lipinski definition) is 2. The molecule has 3 rings (SSSR count). The minimum absolute atomic E-state index is 0.175. The second kappa shape index (κ2) is 6.69. The van der Waals surface area contributed by atoms with Crippen LogP contribution in [0.1, 0.15) is 24.8 Å². The number of piperidine rings is 1. The SMILES string of the molecule is COc1cc(Br)c(CNC(=O)C2CC23CCNCC3)cc1OC. The minimum atomic E-state index is 0.175. The number of methoxy groups -OCH3 is 2. The summed E-state index contributed by atoms with van der Waals surface area (Å²) in [6, 6.07) is 3.77. The summed E-state index contributed by atoms with van der Waals surface area (Å²) in [4.78, 5) is 12.4. The average Bonchev–Trinajstić information content (AvgIpc) is 3.26. The Balaban J connectivity index is 1.61. The van der Waals surface area contributed by atoms with Crippen LogP contribution >= 0.6 is 15.9 Å². The van der Waals surface area contributed by atoms with Crippen molar-refractivity contribution in [3.05, 3.63) is 22.2 Å². The molecule has 126 valence electrons. The van der Waals surface area contributed by atoms with E-state index in [-0.39, 0.29) is 17.2 Å². The monoisotopic (exact) mass is 382 g/mol. The largest absolute Gasteiger partial charge is 0.493 e. The van der Waals surface area contributed by atoms with E-state index >= 15 is 0 Å². The van der Waals surface area contributed by atoms with E-state index in [1.54, 1.807) is 14.2 Å². The number of nitrogens with one attached hydrogen (secondary N) is 2. The lowest BCUT2D eigenvalue weighted by atomic mass is 9.92. The van der Waals surface area contributed by atoms with Gasteiger partial charge in [-0.15, -0.1) is 0 Å². The van der Waals surface area contributed by atoms with Gasteiger partial charge < -0.3 is 20.1 Å². The van der Waals surface area contributed by atoms with Gasteiger partial charge in [0.1, 0.15) is 0 Å². The van der Waals surface area contributed by atoms with Crippen LogP contribution in [0, 0.1) is 11.3 Å². The molecule has 5 nitrogen and oxygen atoms in total. The van der Waals surface area contributed by atoms with Crippen molar-refractivity contribution in [2.45, 2.75) is 25.8 Å². The number of carbonyl (C=O) groups is 1. The molecule has 1 saturated carbocycles. The first-order valence-electron chi connectivity index (χ1n) is 7.98. The number of amides is 1. The predicted molar refractivity (Wildman–Crippen MR) is 91.7 cm³/mol. The third-order valence-electron chi connectivity index (χ3n) is 5.11. The van der Waals surface area contributed by atoms with Crippen molar-refractivity contribution in [1.82, 2.24) is 10.6 Å². The van der Waals surface area contributed by atoms with Gasteiger partial charge >= 0.3 is 0 Å². The van der Waals surface area contributed by atoms with Crippen molar-refractivity contribution in [1.29, 1.82) is 0 Å². The first-order chi connectivity index (χ1) is 11.1. The average molecular weight is 383 g/mol. The van der Waals surface area contributed by atoms with Gasteiger partial charge in [-0.05, 0) is 55.5 Å². The third kappa shape index (κ3) is 3.33. The summed E-state index contributed by atoms with van der Waals surface area (Å²) in [5.41, 5.74) is 1.25. The lowest BCUT2D eigenvalue weighted by molar-refractivity contribution is -0.123. The van der Waals surface area contributed by atoms with Crippen LogP contribution in [-0.2, 0) is 11.3 Å². The number of halogens is 1. The van der Waals surface area contributed by atoms with Crippen LogP contribution in [-0.4, -0.2) is 33.2 Å². The lowest BCUT2D eigenvalue weighted by Crippen LogP contribution is -2.33. The maximum absolute atomic E-state index is 12.4. The normalized spacial score (nSPS) is 21.8. The van der Waals surface area contributed by atoms with Gasteiger partial charge in [0, 0.05) is 16.9 Å². The molecule has 1 aliphatic carbocycles. The molecule has 23 heavy (non-hydrogen) atoms. The van der Waals surface area contributed by atoms with E-state index in [9.17, 15) is 4.79 Å². The standard InChI is InChI=1S/C17H23BrN2O3/c1-22-14-7-11(13(18)8-15(14)23-2)10-20-16(21)12-9-17(12)3-5-19-6-4-17/h7-8,12,19H,3-6,9-10H2,1-2H3,(H,20,21). The minimum Gasteiger partial charge on any atom is -0.493 e. The number of ether oxygens (including phenoxy) is 2. The molecule has 2 aliphatic rings. The molecule has 1 unspecified atom stereocenters. The van der Waals surface area contributed by atoms with Crippen molar-refractivity contribution >= 4 is 21.8 Å². The summed E-state index contributed by atoms with van der Waals surface area (Å²) in [5.74, 6) is 1.70. The van der Waals surface area contributed by atoms with Gasteiger partial charge in [0.2, 0.25) is 5.91 Å². The Morgan fingerprint density at radius 2 is 1.96 bits per heavy atom. The highest BCUT2D eigenvalue weighted by Crippen LogP contribution is 2.58. The number of rotatable bonds is 5. The Morgan fingerprint density at radius 3 is 2.61 bits per heavy atom. The smallest absolute Gasteiger partial charge is 0.223 e.